The van der Waals surface area contributed by atoms with Crippen LogP contribution in [0.5, 0.6) is 0 Å². The number of anilines is 1. The number of hydrogen-bond acceptors (Lipinski definition) is 2. The first-order chi connectivity index (χ1) is 7.43. The Balaban J connectivity index is 1.83. The molecule has 1 saturated heterocycles. The predicted molar refractivity (Wildman–Crippen MR) is 62.4 cm³/mol. The van der Waals surface area contributed by atoms with E-state index in [0.29, 0.717) is 0 Å². The Kier molecular flexibility index (Phi) is 2.13. The number of fused-ring (bicyclic) bond motifs is 1. The summed E-state index contributed by atoms with van der Waals surface area (Å²) in [6.07, 6.45) is 6.27. The van der Waals surface area contributed by atoms with Crippen LogP contribution in [0.1, 0.15) is 19.3 Å². The fraction of sp³-hybridized carbons (Fsp3) is 0.385. The number of para-hydroxylation sites is 1. The summed E-state index contributed by atoms with van der Waals surface area (Å²) in [5, 5.41) is 0. The number of allylic oxidation sites excluding steroid dienone is 1. The topological polar surface area (TPSA) is 6.48 Å². The van der Waals surface area contributed by atoms with Crippen molar-refractivity contribution in [3.63, 3.8) is 0 Å². The molecule has 0 N–H and O–H groups in total. The summed E-state index contributed by atoms with van der Waals surface area (Å²) in [5.74, 6) is 0. The highest BCUT2D eigenvalue weighted by atomic mass is 15.4. The van der Waals surface area contributed by atoms with E-state index in [1.165, 1.54) is 37.2 Å². The van der Waals surface area contributed by atoms with Crippen LogP contribution in [-0.2, 0) is 0 Å². The normalized spacial score (nSPS) is 20.1. The molecule has 3 rings (SSSR count). The van der Waals surface area contributed by atoms with Gasteiger partial charge in [-0.25, -0.2) is 0 Å². The largest absolute Gasteiger partial charge is 0.356 e. The van der Waals surface area contributed by atoms with Crippen LogP contribution in [-0.4, -0.2) is 18.1 Å². The standard InChI is InChI=1S/C13H16N2/c1-2-6-12(7-3-1)15-10-13-8-4-5-9-14(13)11-15/h1-3,6-7,10H,4-5,8-9,11H2. The summed E-state index contributed by atoms with van der Waals surface area (Å²) < 4.78 is 0. The predicted octanol–water partition coefficient (Wildman–Crippen LogP) is 2.79. The average molecular weight is 200 g/mol. The molecule has 0 saturated carbocycles. The number of benzene rings is 1. The Morgan fingerprint density at radius 2 is 1.87 bits per heavy atom. The second kappa shape index (κ2) is 3.61. The van der Waals surface area contributed by atoms with Gasteiger partial charge in [0.2, 0.25) is 0 Å². The van der Waals surface area contributed by atoms with Crippen molar-refractivity contribution < 1.29 is 0 Å². The second-order valence-electron chi connectivity index (χ2n) is 4.29. The van der Waals surface area contributed by atoms with Gasteiger partial charge in [-0.05, 0) is 31.4 Å². The summed E-state index contributed by atoms with van der Waals surface area (Å²) in [7, 11) is 0. The maximum absolute atomic E-state index is 2.50. The molecule has 0 radical (unpaired) electrons. The number of nitrogens with zero attached hydrogens (tertiary/aromatic N) is 2. The van der Waals surface area contributed by atoms with Gasteiger partial charge in [0.25, 0.3) is 0 Å². The molecule has 2 aliphatic heterocycles. The van der Waals surface area contributed by atoms with Gasteiger partial charge < -0.3 is 9.80 Å². The fourth-order valence-corrected chi connectivity index (χ4v) is 2.40. The Labute approximate surface area is 90.8 Å². The SMILES string of the molecule is C1=C2CCCCN2CN1c1ccccc1. The van der Waals surface area contributed by atoms with E-state index >= 15 is 0 Å². The summed E-state index contributed by atoms with van der Waals surface area (Å²) in [6.45, 7) is 2.27. The van der Waals surface area contributed by atoms with Gasteiger partial charge in [0, 0.05) is 24.1 Å². The van der Waals surface area contributed by atoms with Crippen LogP contribution in [0.25, 0.3) is 0 Å². The molecule has 2 aliphatic rings. The zero-order valence-corrected chi connectivity index (χ0v) is 8.89. The Hall–Kier alpha value is -1.44. The summed E-state index contributed by atoms with van der Waals surface area (Å²) in [4.78, 5) is 4.84. The van der Waals surface area contributed by atoms with E-state index in [2.05, 4.69) is 46.3 Å². The third kappa shape index (κ3) is 1.60. The molecule has 0 aliphatic carbocycles. The van der Waals surface area contributed by atoms with Crippen molar-refractivity contribution in [2.45, 2.75) is 19.3 Å². The number of rotatable bonds is 1. The highest BCUT2D eigenvalue weighted by Gasteiger charge is 2.23. The summed E-state index contributed by atoms with van der Waals surface area (Å²) >= 11 is 0. The minimum atomic E-state index is 1.04. The molecule has 15 heavy (non-hydrogen) atoms. The van der Waals surface area contributed by atoms with Crippen molar-refractivity contribution in [3.8, 4) is 0 Å². The van der Waals surface area contributed by atoms with Gasteiger partial charge in [-0.3, -0.25) is 0 Å². The molecule has 2 heterocycles. The molecule has 0 aromatic heterocycles. The van der Waals surface area contributed by atoms with E-state index in [1.54, 1.807) is 0 Å². The number of piperidine rings is 1. The van der Waals surface area contributed by atoms with Gasteiger partial charge in [0.15, 0.2) is 0 Å². The number of hydrogen-bond donors (Lipinski definition) is 0. The Bertz CT molecular complexity index is 369. The van der Waals surface area contributed by atoms with E-state index in [0.717, 1.165) is 6.67 Å². The molecule has 2 nitrogen and oxygen atoms in total. The van der Waals surface area contributed by atoms with Crippen molar-refractivity contribution in [2.24, 2.45) is 0 Å². The van der Waals surface area contributed by atoms with E-state index in [-0.39, 0.29) is 0 Å². The lowest BCUT2D eigenvalue weighted by Crippen LogP contribution is -2.29. The molecule has 1 aromatic carbocycles. The van der Waals surface area contributed by atoms with Gasteiger partial charge in [-0.2, -0.15) is 0 Å². The van der Waals surface area contributed by atoms with E-state index < -0.39 is 0 Å². The molecule has 0 amide bonds. The van der Waals surface area contributed by atoms with Crippen molar-refractivity contribution in [1.82, 2.24) is 4.90 Å². The van der Waals surface area contributed by atoms with Crippen LogP contribution in [0.15, 0.2) is 42.2 Å². The molecular formula is C13H16N2. The highest BCUT2D eigenvalue weighted by Crippen LogP contribution is 2.29. The van der Waals surface area contributed by atoms with Gasteiger partial charge in [0.05, 0.1) is 6.67 Å². The molecule has 2 heteroatoms. The van der Waals surface area contributed by atoms with Crippen molar-refractivity contribution in [2.75, 3.05) is 18.1 Å². The van der Waals surface area contributed by atoms with Gasteiger partial charge in [-0.1, -0.05) is 18.2 Å². The van der Waals surface area contributed by atoms with Crippen LogP contribution in [0, 0.1) is 0 Å². The third-order valence-corrected chi connectivity index (χ3v) is 3.23. The minimum absolute atomic E-state index is 1.04. The van der Waals surface area contributed by atoms with Crippen molar-refractivity contribution >= 4 is 5.69 Å². The van der Waals surface area contributed by atoms with Gasteiger partial charge in [-0.15, -0.1) is 0 Å². The summed E-state index contributed by atoms with van der Waals surface area (Å²) in [6, 6.07) is 10.6. The van der Waals surface area contributed by atoms with E-state index in [4.69, 9.17) is 0 Å². The van der Waals surface area contributed by atoms with Crippen LogP contribution < -0.4 is 4.90 Å². The molecule has 78 valence electrons. The van der Waals surface area contributed by atoms with Crippen LogP contribution in [0.3, 0.4) is 0 Å². The first kappa shape index (κ1) is 8.84. The van der Waals surface area contributed by atoms with Crippen LogP contribution in [0.2, 0.25) is 0 Å². The van der Waals surface area contributed by atoms with E-state index in [1.807, 2.05) is 0 Å². The fourth-order valence-electron chi connectivity index (χ4n) is 2.40. The van der Waals surface area contributed by atoms with Crippen LogP contribution >= 0.6 is 0 Å². The average Bonchev–Trinajstić information content (AvgIpc) is 2.74. The molecule has 0 spiro atoms. The van der Waals surface area contributed by atoms with Crippen molar-refractivity contribution in [3.05, 3.63) is 42.2 Å². The highest BCUT2D eigenvalue weighted by molar-refractivity contribution is 5.51. The molecule has 0 unspecified atom stereocenters. The molecule has 1 fully saturated rings. The maximum atomic E-state index is 2.50. The van der Waals surface area contributed by atoms with Gasteiger partial charge >= 0.3 is 0 Å². The Morgan fingerprint density at radius 1 is 1.00 bits per heavy atom. The molecule has 1 aromatic rings. The maximum Gasteiger partial charge on any atom is 0.0944 e. The first-order valence-electron chi connectivity index (χ1n) is 5.71. The lowest BCUT2D eigenvalue weighted by atomic mass is 10.1. The first-order valence-corrected chi connectivity index (χ1v) is 5.71. The van der Waals surface area contributed by atoms with Crippen LogP contribution in [0.4, 0.5) is 5.69 Å². The van der Waals surface area contributed by atoms with E-state index in [9.17, 15) is 0 Å². The third-order valence-electron chi connectivity index (χ3n) is 3.23. The minimum Gasteiger partial charge on any atom is -0.356 e. The van der Waals surface area contributed by atoms with Gasteiger partial charge in [0.1, 0.15) is 0 Å². The molecule has 0 bridgehead atoms. The Morgan fingerprint density at radius 3 is 2.67 bits per heavy atom. The smallest absolute Gasteiger partial charge is 0.0944 e. The second-order valence-corrected chi connectivity index (χ2v) is 4.29. The zero-order chi connectivity index (χ0) is 10.1. The summed E-state index contributed by atoms with van der Waals surface area (Å²) in [5.41, 5.74) is 2.82. The molecule has 0 atom stereocenters. The monoisotopic (exact) mass is 200 g/mol. The lowest BCUT2D eigenvalue weighted by molar-refractivity contribution is 0.318. The quantitative estimate of drug-likeness (QED) is 0.687. The molecular weight excluding hydrogens is 184 g/mol. The zero-order valence-electron chi connectivity index (χ0n) is 8.89. The van der Waals surface area contributed by atoms with Crippen molar-refractivity contribution in [1.29, 1.82) is 0 Å². The lowest BCUT2D eigenvalue weighted by Gasteiger charge is -2.27.